The number of amides is 1. The molecule has 0 aliphatic rings. The lowest BCUT2D eigenvalue weighted by Crippen LogP contribution is -2.25. The molecule has 24 heavy (non-hydrogen) atoms. The van der Waals surface area contributed by atoms with Crippen molar-refractivity contribution in [1.29, 1.82) is 0 Å². The molecule has 2 aromatic heterocycles. The molecular formula is C17H16N4O3. The number of hydrogen-bond acceptors (Lipinski definition) is 6. The lowest BCUT2D eigenvalue weighted by molar-refractivity contribution is 0.0953. The number of carbonyl (C=O) groups is 1. The van der Waals surface area contributed by atoms with Crippen molar-refractivity contribution in [2.75, 3.05) is 13.7 Å². The van der Waals surface area contributed by atoms with Crippen LogP contribution in [-0.2, 0) is 6.42 Å². The predicted octanol–water partition coefficient (Wildman–Crippen LogP) is 2.11. The van der Waals surface area contributed by atoms with Crippen molar-refractivity contribution in [2.45, 2.75) is 6.42 Å². The van der Waals surface area contributed by atoms with Crippen molar-refractivity contribution in [2.24, 2.45) is 0 Å². The minimum atomic E-state index is -0.160. The van der Waals surface area contributed by atoms with Crippen LogP contribution in [0.3, 0.4) is 0 Å². The molecule has 0 aliphatic heterocycles. The minimum absolute atomic E-state index is 0.160. The van der Waals surface area contributed by atoms with Crippen LogP contribution in [0.25, 0.3) is 11.4 Å². The predicted molar refractivity (Wildman–Crippen MR) is 86.6 cm³/mol. The zero-order valence-corrected chi connectivity index (χ0v) is 13.1. The molecule has 2 heterocycles. The van der Waals surface area contributed by atoms with Gasteiger partial charge in [0.2, 0.25) is 11.7 Å². The van der Waals surface area contributed by atoms with Gasteiger partial charge in [0.1, 0.15) is 5.75 Å². The average Bonchev–Trinajstić information content (AvgIpc) is 3.11. The van der Waals surface area contributed by atoms with Gasteiger partial charge in [-0.3, -0.25) is 9.78 Å². The number of hydrogen-bond donors (Lipinski definition) is 1. The summed E-state index contributed by atoms with van der Waals surface area (Å²) < 4.78 is 10.3. The Hall–Kier alpha value is -3.22. The summed E-state index contributed by atoms with van der Waals surface area (Å²) in [5.74, 6) is 1.58. The van der Waals surface area contributed by atoms with Crippen molar-refractivity contribution >= 4 is 5.91 Å². The molecule has 0 spiro atoms. The Bertz CT molecular complexity index is 800. The SMILES string of the molecule is COc1ccc(-c2noc(CCNC(=O)c3ccncc3)n2)cc1. The van der Waals surface area contributed by atoms with Crippen LogP contribution in [0.4, 0.5) is 0 Å². The Morgan fingerprint density at radius 2 is 1.92 bits per heavy atom. The molecule has 0 saturated heterocycles. The van der Waals surface area contributed by atoms with Crippen LogP contribution in [0.1, 0.15) is 16.2 Å². The molecule has 7 heteroatoms. The standard InChI is InChI=1S/C17H16N4O3/c1-23-14-4-2-12(3-5-14)16-20-15(24-21-16)8-11-19-17(22)13-6-9-18-10-7-13/h2-7,9-10H,8,11H2,1H3,(H,19,22). The fourth-order valence-electron chi connectivity index (χ4n) is 2.10. The second-order valence-electron chi connectivity index (χ2n) is 4.98. The molecule has 1 amide bonds. The molecule has 1 aromatic carbocycles. The van der Waals surface area contributed by atoms with Crippen molar-refractivity contribution in [3.8, 4) is 17.1 Å². The Morgan fingerprint density at radius 3 is 2.62 bits per heavy atom. The molecule has 0 unspecified atom stereocenters. The van der Waals surface area contributed by atoms with Crippen molar-refractivity contribution in [1.82, 2.24) is 20.4 Å². The molecule has 0 saturated carbocycles. The summed E-state index contributed by atoms with van der Waals surface area (Å²) in [5, 5.41) is 6.75. The van der Waals surface area contributed by atoms with Gasteiger partial charge in [-0.2, -0.15) is 4.98 Å². The highest BCUT2D eigenvalue weighted by atomic mass is 16.5. The topological polar surface area (TPSA) is 90.1 Å². The van der Waals surface area contributed by atoms with Crippen LogP contribution in [0.5, 0.6) is 5.75 Å². The summed E-state index contributed by atoms with van der Waals surface area (Å²) in [6.07, 6.45) is 3.61. The van der Waals surface area contributed by atoms with Gasteiger partial charge < -0.3 is 14.6 Å². The lowest BCUT2D eigenvalue weighted by atomic mass is 10.2. The Labute approximate surface area is 138 Å². The van der Waals surface area contributed by atoms with E-state index in [4.69, 9.17) is 9.26 Å². The number of pyridine rings is 1. The van der Waals surface area contributed by atoms with Gasteiger partial charge in [-0.25, -0.2) is 0 Å². The Kier molecular flexibility index (Phi) is 4.81. The molecular weight excluding hydrogens is 308 g/mol. The largest absolute Gasteiger partial charge is 0.497 e. The van der Waals surface area contributed by atoms with E-state index >= 15 is 0 Å². The molecule has 122 valence electrons. The summed E-state index contributed by atoms with van der Waals surface area (Å²) in [6.45, 7) is 0.408. The zero-order chi connectivity index (χ0) is 16.8. The van der Waals surface area contributed by atoms with Gasteiger partial charge >= 0.3 is 0 Å². The number of carbonyl (C=O) groups excluding carboxylic acids is 1. The number of nitrogens with one attached hydrogen (secondary N) is 1. The highest BCUT2D eigenvalue weighted by Crippen LogP contribution is 2.19. The van der Waals surface area contributed by atoms with Gasteiger partial charge in [-0.15, -0.1) is 0 Å². The molecule has 0 fully saturated rings. The van der Waals surface area contributed by atoms with E-state index < -0.39 is 0 Å². The van der Waals surface area contributed by atoms with Crippen molar-refractivity contribution in [3.63, 3.8) is 0 Å². The van der Waals surface area contributed by atoms with Gasteiger partial charge in [-0.1, -0.05) is 5.16 Å². The maximum atomic E-state index is 11.9. The number of benzene rings is 1. The fraction of sp³-hybridized carbons (Fsp3) is 0.176. The number of rotatable bonds is 6. The van der Waals surface area contributed by atoms with Crippen LogP contribution in [0.2, 0.25) is 0 Å². The van der Waals surface area contributed by atoms with E-state index in [9.17, 15) is 4.79 Å². The third kappa shape index (κ3) is 3.75. The number of ether oxygens (including phenoxy) is 1. The first-order chi connectivity index (χ1) is 11.8. The van der Waals surface area contributed by atoms with Crippen molar-refractivity contribution < 1.29 is 14.1 Å². The third-order valence-corrected chi connectivity index (χ3v) is 3.38. The minimum Gasteiger partial charge on any atom is -0.497 e. The molecule has 0 radical (unpaired) electrons. The van der Waals surface area contributed by atoms with Crippen LogP contribution in [-0.4, -0.2) is 34.7 Å². The zero-order valence-electron chi connectivity index (χ0n) is 13.1. The molecule has 3 rings (SSSR count). The number of nitrogens with zero attached hydrogens (tertiary/aromatic N) is 3. The van der Waals surface area contributed by atoms with Gasteiger partial charge in [0.25, 0.3) is 5.91 Å². The second kappa shape index (κ2) is 7.36. The first-order valence-electron chi connectivity index (χ1n) is 7.41. The van der Waals surface area contributed by atoms with E-state index in [1.165, 1.54) is 0 Å². The number of aromatic nitrogens is 3. The van der Waals surface area contributed by atoms with Gasteiger partial charge in [0.05, 0.1) is 7.11 Å². The van der Waals surface area contributed by atoms with Gasteiger partial charge in [0, 0.05) is 36.5 Å². The van der Waals surface area contributed by atoms with E-state index in [0.29, 0.717) is 30.2 Å². The molecule has 1 N–H and O–H groups in total. The normalized spacial score (nSPS) is 10.4. The maximum Gasteiger partial charge on any atom is 0.251 e. The van der Waals surface area contributed by atoms with E-state index in [2.05, 4.69) is 20.4 Å². The van der Waals surface area contributed by atoms with Gasteiger partial charge in [-0.05, 0) is 36.4 Å². The van der Waals surface area contributed by atoms with E-state index in [0.717, 1.165) is 11.3 Å². The van der Waals surface area contributed by atoms with E-state index in [1.807, 2.05) is 24.3 Å². The molecule has 0 bridgehead atoms. The van der Waals surface area contributed by atoms with Crippen LogP contribution in [0, 0.1) is 0 Å². The highest BCUT2D eigenvalue weighted by Gasteiger charge is 2.10. The molecule has 0 atom stereocenters. The third-order valence-electron chi connectivity index (χ3n) is 3.38. The second-order valence-corrected chi connectivity index (χ2v) is 4.98. The average molecular weight is 324 g/mol. The monoisotopic (exact) mass is 324 g/mol. The van der Waals surface area contributed by atoms with E-state index in [1.54, 1.807) is 31.6 Å². The van der Waals surface area contributed by atoms with E-state index in [-0.39, 0.29) is 5.91 Å². The highest BCUT2D eigenvalue weighted by molar-refractivity contribution is 5.93. The lowest BCUT2D eigenvalue weighted by Gasteiger charge is -2.02. The quantitative estimate of drug-likeness (QED) is 0.747. The summed E-state index contributed by atoms with van der Waals surface area (Å²) in [4.78, 5) is 20.1. The smallest absolute Gasteiger partial charge is 0.251 e. The van der Waals surface area contributed by atoms with Gasteiger partial charge in [0.15, 0.2) is 0 Å². The Morgan fingerprint density at radius 1 is 1.17 bits per heavy atom. The van der Waals surface area contributed by atoms with Crippen LogP contribution >= 0.6 is 0 Å². The Balaban J connectivity index is 1.55. The molecule has 0 aliphatic carbocycles. The summed E-state index contributed by atoms with van der Waals surface area (Å²) in [7, 11) is 1.61. The van der Waals surface area contributed by atoms with Crippen molar-refractivity contribution in [3.05, 3.63) is 60.2 Å². The maximum absolute atomic E-state index is 11.9. The van der Waals surface area contributed by atoms with Crippen LogP contribution in [0.15, 0.2) is 53.3 Å². The fourth-order valence-corrected chi connectivity index (χ4v) is 2.10. The first kappa shape index (κ1) is 15.7. The molecule has 3 aromatic rings. The molecule has 7 nitrogen and oxygen atoms in total. The summed E-state index contributed by atoms with van der Waals surface area (Å²) in [6, 6.07) is 10.7. The summed E-state index contributed by atoms with van der Waals surface area (Å²) >= 11 is 0. The first-order valence-corrected chi connectivity index (χ1v) is 7.41. The summed E-state index contributed by atoms with van der Waals surface area (Å²) in [5.41, 5.74) is 1.40. The van der Waals surface area contributed by atoms with Crippen LogP contribution < -0.4 is 10.1 Å². The number of methoxy groups -OCH3 is 1.